The summed E-state index contributed by atoms with van der Waals surface area (Å²) in [5.74, 6) is -0.162. The minimum Gasteiger partial charge on any atom is -0.352 e. The topological polar surface area (TPSA) is 29.1 Å². The molecule has 0 spiro atoms. The quantitative estimate of drug-likeness (QED) is 0.845. The van der Waals surface area contributed by atoms with Gasteiger partial charge in [-0.1, -0.05) is 35.9 Å². The lowest BCUT2D eigenvalue weighted by molar-refractivity contribution is -0.137. The van der Waals surface area contributed by atoms with E-state index in [1.165, 1.54) is 12.1 Å². The average Bonchev–Trinajstić information content (AvgIpc) is 2.50. The molecule has 2 aromatic carbocycles. The lowest BCUT2D eigenvalue weighted by Gasteiger charge is -2.09. The first kappa shape index (κ1) is 17.3. The van der Waals surface area contributed by atoms with Gasteiger partial charge in [0.05, 0.1) is 5.56 Å². The van der Waals surface area contributed by atoms with Crippen molar-refractivity contribution in [1.82, 2.24) is 5.32 Å². The molecule has 0 aromatic heterocycles. The summed E-state index contributed by atoms with van der Waals surface area (Å²) in [5, 5.41) is 3.31. The van der Waals surface area contributed by atoms with E-state index in [9.17, 15) is 18.0 Å². The third-order valence-corrected chi connectivity index (χ3v) is 3.54. The highest BCUT2D eigenvalue weighted by molar-refractivity contribution is 6.30. The first-order valence-electron chi connectivity index (χ1n) is 7.02. The molecule has 0 saturated heterocycles. The zero-order valence-electron chi connectivity index (χ0n) is 12.2. The Hall–Kier alpha value is -2.01. The molecule has 23 heavy (non-hydrogen) atoms. The summed E-state index contributed by atoms with van der Waals surface area (Å²) >= 11 is 5.87. The number of rotatable bonds is 5. The molecule has 0 unspecified atom stereocenters. The molecule has 0 aliphatic heterocycles. The zero-order chi connectivity index (χ0) is 16.9. The monoisotopic (exact) mass is 341 g/mol. The molecule has 2 nitrogen and oxygen atoms in total. The summed E-state index contributed by atoms with van der Waals surface area (Å²) in [6.07, 6.45) is -3.50. The Kier molecular flexibility index (Phi) is 5.66. The smallest absolute Gasteiger partial charge is 0.352 e. The third-order valence-electron chi connectivity index (χ3n) is 3.30. The Labute approximate surface area is 137 Å². The van der Waals surface area contributed by atoms with Crippen molar-refractivity contribution in [3.8, 4) is 0 Å². The van der Waals surface area contributed by atoms with E-state index in [4.69, 9.17) is 11.6 Å². The Bertz CT molecular complexity index is 668. The molecular formula is C17H15ClF3NO. The maximum Gasteiger partial charge on any atom is 0.416 e. The van der Waals surface area contributed by atoms with Crippen molar-refractivity contribution in [1.29, 1.82) is 0 Å². The highest BCUT2D eigenvalue weighted by Crippen LogP contribution is 2.29. The number of aryl methyl sites for hydroxylation is 1. The van der Waals surface area contributed by atoms with Gasteiger partial charge in [-0.25, -0.2) is 0 Å². The van der Waals surface area contributed by atoms with Crippen LogP contribution in [0.1, 0.15) is 23.1 Å². The largest absolute Gasteiger partial charge is 0.416 e. The lowest BCUT2D eigenvalue weighted by Crippen LogP contribution is -2.23. The number of nitrogens with one attached hydrogen (secondary N) is 1. The fourth-order valence-corrected chi connectivity index (χ4v) is 2.26. The third kappa shape index (κ3) is 5.60. The zero-order valence-corrected chi connectivity index (χ0v) is 12.9. The van der Waals surface area contributed by atoms with E-state index in [1.54, 1.807) is 12.1 Å². The van der Waals surface area contributed by atoms with E-state index >= 15 is 0 Å². The van der Waals surface area contributed by atoms with Gasteiger partial charge in [0, 0.05) is 18.0 Å². The van der Waals surface area contributed by atoms with Crippen molar-refractivity contribution < 1.29 is 18.0 Å². The summed E-state index contributed by atoms with van der Waals surface area (Å²) in [6.45, 7) is 0.201. The summed E-state index contributed by atoms with van der Waals surface area (Å²) in [4.78, 5) is 11.8. The second kappa shape index (κ2) is 7.51. The van der Waals surface area contributed by atoms with Gasteiger partial charge < -0.3 is 5.32 Å². The molecule has 1 N–H and O–H groups in total. The van der Waals surface area contributed by atoms with Crippen molar-refractivity contribution >= 4 is 17.5 Å². The van der Waals surface area contributed by atoms with Gasteiger partial charge in [0.2, 0.25) is 5.91 Å². The molecule has 0 bridgehead atoms. The molecule has 6 heteroatoms. The van der Waals surface area contributed by atoms with Gasteiger partial charge in [-0.3, -0.25) is 4.79 Å². The van der Waals surface area contributed by atoms with Gasteiger partial charge in [0.25, 0.3) is 0 Å². The van der Waals surface area contributed by atoms with E-state index in [-0.39, 0.29) is 12.5 Å². The van der Waals surface area contributed by atoms with Crippen molar-refractivity contribution in [2.75, 3.05) is 0 Å². The van der Waals surface area contributed by atoms with Gasteiger partial charge in [-0.05, 0) is 41.8 Å². The number of hydrogen-bond acceptors (Lipinski definition) is 1. The van der Waals surface area contributed by atoms with Gasteiger partial charge in [0.15, 0.2) is 0 Å². The first-order chi connectivity index (χ1) is 10.8. The highest BCUT2D eigenvalue weighted by atomic mass is 35.5. The summed E-state index contributed by atoms with van der Waals surface area (Å²) in [5.41, 5.74) is 0.879. The van der Waals surface area contributed by atoms with Crippen LogP contribution in [0.4, 0.5) is 13.2 Å². The van der Waals surface area contributed by atoms with Crippen molar-refractivity contribution in [3.63, 3.8) is 0 Å². The summed E-state index contributed by atoms with van der Waals surface area (Å²) in [7, 11) is 0. The van der Waals surface area contributed by atoms with Gasteiger partial charge in [-0.2, -0.15) is 13.2 Å². The fourth-order valence-electron chi connectivity index (χ4n) is 2.05. The van der Waals surface area contributed by atoms with Crippen LogP contribution < -0.4 is 5.32 Å². The maximum absolute atomic E-state index is 12.4. The van der Waals surface area contributed by atoms with Crippen LogP contribution in [-0.4, -0.2) is 5.91 Å². The van der Waals surface area contributed by atoms with Gasteiger partial charge in [0.1, 0.15) is 0 Å². The SMILES string of the molecule is O=C(CCc1cccc(Cl)c1)NCc1ccc(C(F)(F)F)cc1. The standard InChI is InChI=1S/C17H15ClF3NO/c18-15-3-1-2-12(10-15)6-9-16(23)22-11-13-4-7-14(8-5-13)17(19,20)21/h1-5,7-8,10H,6,9,11H2,(H,22,23). The molecule has 2 rings (SSSR count). The van der Waals surface area contributed by atoms with Gasteiger partial charge in [-0.15, -0.1) is 0 Å². The van der Waals surface area contributed by atoms with Crippen molar-refractivity contribution in [2.45, 2.75) is 25.6 Å². The minimum absolute atomic E-state index is 0.162. The van der Waals surface area contributed by atoms with Crippen LogP contribution in [0.25, 0.3) is 0 Å². The van der Waals surface area contributed by atoms with E-state index in [0.29, 0.717) is 23.4 Å². The van der Waals surface area contributed by atoms with Crippen molar-refractivity contribution in [2.24, 2.45) is 0 Å². The second-order valence-electron chi connectivity index (χ2n) is 5.10. The molecule has 0 saturated carbocycles. The highest BCUT2D eigenvalue weighted by Gasteiger charge is 2.29. The first-order valence-corrected chi connectivity index (χ1v) is 7.39. The van der Waals surface area contributed by atoms with Crippen LogP contribution in [0.5, 0.6) is 0 Å². The van der Waals surface area contributed by atoms with Gasteiger partial charge >= 0.3 is 6.18 Å². The van der Waals surface area contributed by atoms with E-state index in [0.717, 1.165) is 17.7 Å². The summed E-state index contributed by atoms with van der Waals surface area (Å²) < 4.78 is 37.3. The second-order valence-corrected chi connectivity index (χ2v) is 5.54. The molecule has 0 heterocycles. The number of halogens is 4. The number of alkyl halides is 3. The Morgan fingerprint density at radius 2 is 1.74 bits per heavy atom. The maximum atomic E-state index is 12.4. The van der Waals surface area contributed by atoms with Crippen LogP contribution >= 0.6 is 11.6 Å². The average molecular weight is 342 g/mol. The van der Waals surface area contributed by atoms with Crippen LogP contribution in [0.15, 0.2) is 48.5 Å². The number of carbonyl (C=O) groups excluding carboxylic acids is 1. The molecule has 2 aromatic rings. The number of hydrogen-bond donors (Lipinski definition) is 1. The van der Waals surface area contributed by atoms with Crippen LogP contribution in [0.2, 0.25) is 5.02 Å². The normalized spacial score (nSPS) is 11.3. The predicted molar refractivity (Wildman–Crippen MR) is 83.1 cm³/mol. The molecular weight excluding hydrogens is 327 g/mol. The number of carbonyl (C=O) groups is 1. The minimum atomic E-state index is -4.35. The van der Waals surface area contributed by atoms with Crippen LogP contribution in [-0.2, 0) is 23.9 Å². The van der Waals surface area contributed by atoms with E-state index < -0.39 is 11.7 Å². The lowest BCUT2D eigenvalue weighted by atomic mass is 10.1. The Morgan fingerprint density at radius 3 is 2.35 bits per heavy atom. The fraction of sp³-hybridized carbons (Fsp3) is 0.235. The molecule has 0 fully saturated rings. The number of amides is 1. The molecule has 122 valence electrons. The molecule has 0 aliphatic rings. The van der Waals surface area contributed by atoms with Crippen LogP contribution in [0.3, 0.4) is 0 Å². The molecule has 0 aliphatic carbocycles. The Balaban J connectivity index is 1.80. The summed E-state index contributed by atoms with van der Waals surface area (Å²) in [6, 6.07) is 12.0. The molecule has 0 radical (unpaired) electrons. The van der Waals surface area contributed by atoms with E-state index in [2.05, 4.69) is 5.32 Å². The van der Waals surface area contributed by atoms with E-state index in [1.807, 2.05) is 12.1 Å². The Morgan fingerprint density at radius 1 is 1.04 bits per heavy atom. The predicted octanol–water partition coefficient (Wildman–Crippen LogP) is 4.61. The molecule has 0 atom stereocenters. The molecule has 1 amide bonds. The van der Waals surface area contributed by atoms with Crippen LogP contribution in [0, 0.1) is 0 Å². The van der Waals surface area contributed by atoms with Crippen molar-refractivity contribution in [3.05, 3.63) is 70.2 Å². The number of benzene rings is 2.